The highest BCUT2D eigenvalue weighted by Gasteiger charge is 2.40. The van der Waals surface area contributed by atoms with E-state index >= 15 is 0 Å². The van der Waals surface area contributed by atoms with Gasteiger partial charge in [-0.25, -0.2) is 0 Å². The molecule has 7 nitrogen and oxygen atoms in total. The second-order valence-electron chi connectivity index (χ2n) is 4.80. The highest BCUT2D eigenvalue weighted by atomic mass is 19.4. The molecule has 1 N–H and O–H groups in total. The molecule has 2 aromatic rings. The summed E-state index contributed by atoms with van der Waals surface area (Å²) >= 11 is 0. The Morgan fingerprint density at radius 1 is 1.15 bits per heavy atom. The van der Waals surface area contributed by atoms with Crippen molar-refractivity contribution in [2.45, 2.75) is 6.18 Å². The van der Waals surface area contributed by atoms with Crippen LogP contribution in [0.25, 0.3) is 0 Å². The first kappa shape index (κ1) is 18.8. The number of hydrogen-bond acceptors (Lipinski definition) is 5. The predicted molar refractivity (Wildman–Crippen MR) is 79.6 cm³/mol. The maximum atomic E-state index is 13.9. The van der Waals surface area contributed by atoms with Gasteiger partial charge in [-0.15, -0.1) is 0 Å². The molecule has 26 heavy (non-hydrogen) atoms. The smallest absolute Gasteiger partial charge is 0.457 e. The molecule has 0 aliphatic rings. The maximum Gasteiger partial charge on any atom is 0.471 e. The summed E-state index contributed by atoms with van der Waals surface area (Å²) in [6.45, 7) is 0. The largest absolute Gasteiger partial charge is 0.471 e. The minimum atomic E-state index is -5.33. The quantitative estimate of drug-likeness (QED) is 0.372. The minimum absolute atomic E-state index is 0.0805. The summed E-state index contributed by atoms with van der Waals surface area (Å²) in [5.41, 5.74) is -2.05. The molecular formula is C15H8F4N2O5. The summed E-state index contributed by atoms with van der Waals surface area (Å²) in [5, 5.41) is 12.1. The van der Waals surface area contributed by atoms with Gasteiger partial charge in [0, 0.05) is 17.7 Å². The van der Waals surface area contributed by atoms with Crippen molar-refractivity contribution in [1.29, 1.82) is 0 Å². The molecule has 2 rings (SSSR count). The molecule has 11 heteroatoms. The van der Waals surface area contributed by atoms with Crippen LogP contribution in [0.15, 0.2) is 36.4 Å². The number of halogens is 4. The number of nitrogens with one attached hydrogen (secondary N) is 1. The molecule has 0 saturated heterocycles. The van der Waals surface area contributed by atoms with Crippen molar-refractivity contribution in [3.63, 3.8) is 0 Å². The van der Waals surface area contributed by atoms with E-state index in [0.717, 1.165) is 0 Å². The predicted octanol–water partition coefficient (Wildman–Crippen LogP) is 3.84. The highest BCUT2D eigenvalue weighted by molar-refractivity contribution is 5.97. The van der Waals surface area contributed by atoms with Crippen LogP contribution in [0.3, 0.4) is 0 Å². The molecular weight excluding hydrogens is 364 g/mol. The third-order valence-electron chi connectivity index (χ3n) is 2.98. The Bertz CT molecular complexity index is 866. The standard InChI is InChI=1S/C15H8F4N2O5/c16-11-5-10(26-9-3-1-8(7-22)2-4-9)6-12(13(11)21(24)25)20-14(23)15(17,18)19/h1-7H,(H,20,23). The molecule has 0 fully saturated rings. The zero-order valence-corrected chi connectivity index (χ0v) is 12.5. The summed E-state index contributed by atoms with van der Waals surface area (Å²) in [7, 11) is 0. The molecule has 0 saturated carbocycles. The van der Waals surface area contributed by atoms with Gasteiger partial charge in [0.1, 0.15) is 23.5 Å². The molecule has 0 spiro atoms. The first-order chi connectivity index (χ1) is 12.1. The number of anilines is 1. The van der Waals surface area contributed by atoms with Crippen LogP contribution in [0.1, 0.15) is 10.4 Å². The van der Waals surface area contributed by atoms with E-state index in [1.807, 2.05) is 0 Å². The van der Waals surface area contributed by atoms with E-state index in [1.165, 1.54) is 29.6 Å². The fourth-order valence-electron chi connectivity index (χ4n) is 1.86. The Kier molecular flexibility index (Phi) is 5.19. The molecule has 0 heterocycles. The minimum Gasteiger partial charge on any atom is -0.457 e. The van der Waals surface area contributed by atoms with Crippen molar-refractivity contribution < 1.29 is 36.8 Å². The molecule has 0 aliphatic carbocycles. The van der Waals surface area contributed by atoms with E-state index in [0.29, 0.717) is 24.0 Å². The van der Waals surface area contributed by atoms with Gasteiger partial charge in [-0.1, -0.05) is 0 Å². The van der Waals surface area contributed by atoms with Crippen molar-refractivity contribution in [2.75, 3.05) is 5.32 Å². The maximum absolute atomic E-state index is 13.9. The summed E-state index contributed by atoms with van der Waals surface area (Å²) < 4.78 is 56.2. The van der Waals surface area contributed by atoms with Crippen molar-refractivity contribution in [2.24, 2.45) is 0 Å². The van der Waals surface area contributed by atoms with Crippen LogP contribution in [-0.4, -0.2) is 23.3 Å². The second-order valence-corrected chi connectivity index (χ2v) is 4.80. The lowest BCUT2D eigenvalue weighted by atomic mass is 10.2. The van der Waals surface area contributed by atoms with Crippen LogP contribution >= 0.6 is 0 Å². The Hall–Kier alpha value is -3.50. The van der Waals surface area contributed by atoms with Crippen molar-refractivity contribution in [1.82, 2.24) is 0 Å². The number of nitro benzene ring substituents is 1. The third kappa shape index (κ3) is 4.32. The molecule has 0 atom stereocenters. The van der Waals surface area contributed by atoms with Crippen LogP contribution < -0.4 is 10.1 Å². The number of aldehydes is 1. The van der Waals surface area contributed by atoms with Crippen LogP contribution in [0.4, 0.5) is 28.9 Å². The van der Waals surface area contributed by atoms with Gasteiger partial charge in [-0.2, -0.15) is 17.6 Å². The van der Waals surface area contributed by atoms with Crippen LogP contribution in [-0.2, 0) is 4.79 Å². The summed E-state index contributed by atoms with van der Waals surface area (Å²) in [6, 6.07) is 6.61. The number of benzene rings is 2. The van der Waals surface area contributed by atoms with Gasteiger partial charge in [-0.05, 0) is 24.3 Å². The van der Waals surface area contributed by atoms with Crippen LogP contribution in [0, 0.1) is 15.9 Å². The lowest BCUT2D eigenvalue weighted by Crippen LogP contribution is -2.30. The Balaban J connectivity index is 2.40. The van der Waals surface area contributed by atoms with E-state index in [9.17, 15) is 37.3 Å². The molecule has 2 aromatic carbocycles. The topological polar surface area (TPSA) is 98.5 Å². The number of ether oxygens (including phenoxy) is 1. The number of alkyl halides is 3. The first-order valence-electron chi connectivity index (χ1n) is 6.71. The Labute approximate surface area is 142 Å². The number of rotatable bonds is 5. The number of carbonyl (C=O) groups is 2. The normalized spacial score (nSPS) is 10.9. The van der Waals surface area contributed by atoms with E-state index in [4.69, 9.17) is 4.74 Å². The average Bonchev–Trinajstić information content (AvgIpc) is 2.53. The van der Waals surface area contributed by atoms with E-state index in [2.05, 4.69) is 0 Å². The van der Waals surface area contributed by atoms with Gasteiger partial charge in [0.15, 0.2) is 0 Å². The summed E-state index contributed by atoms with van der Waals surface area (Å²) in [4.78, 5) is 31.2. The fraction of sp³-hybridized carbons (Fsp3) is 0.0667. The van der Waals surface area contributed by atoms with Gasteiger partial charge in [0.25, 0.3) is 0 Å². The van der Waals surface area contributed by atoms with E-state index < -0.39 is 39.9 Å². The third-order valence-corrected chi connectivity index (χ3v) is 2.98. The number of hydrogen-bond donors (Lipinski definition) is 1. The molecule has 0 aliphatic heterocycles. The molecule has 0 unspecified atom stereocenters. The van der Waals surface area contributed by atoms with Crippen LogP contribution in [0.5, 0.6) is 11.5 Å². The number of amides is 1. The van der Waals surface area contributed by atoms with Gasteiger partial charge in [-0.3, -0.25) is 19.7 Å². The number of carbonyl (C=O) groups excluding carboxylic acids is 2. The Morgan fingerprint density at radius 3 is 2.27 bits per heavy atom. The van der Waals surface area contributed by atoms with Crippen molar-refractivity contribution in [3.8, 4) is 11.5 Å². The van der Waals surface area contributed by atoms with Crippen molar-refractivity contribution >= 4 is 23.6 Å². The molecule has 136 valence electrons. The lowest BCUT2D eigenvalue weighted by Gasteiger charge is -2.11. The molecule has 0 aromatic heterocycles. The highest BCUT2D eigenvalue weighted by Crippen LogP contribution is 2.35. The van der Waals surface area contributed by atoms with E-state index in [-0.39, 0.29) is 5.75 Å². The van der Waals surface area contributed by atoms with Crippen molar-refractivity contribution in [3.05, 3.63) is 57.9 Å². The molecule has 0 bridgehead atoms. The number of nitro groups is 1. The second kappa shape index (κ2) is 7.17. The van der Waals surface area contributed by atoms with Gasteiger partial charge >= 0.3 is 17.8 Å². The summed E-state index contributed by atoms with van der Waals surface area (Å²) in [6.07, 6.45) is -4.77. The zero-order chi connectivity index (χ0) is 19.5. The monoisotopic (exact) mass is 372 g/mol. The SMILES string of the molecule is O=Cc1ccc(Oc2cc(F)c([N+](=O)[O-])c(NC(=O)C(F)(F)F)c2)cc1. The lowest BCUT2D eigenvalue weighted by molar-refractivity contribution is -0.386. The summed E-state index contributed by atoms with van der Waals surface area (Å²) in [5.74, 6) is -4.33. The zero-order valence-electron chi connectivity index (χ0n) is 12.5. The van der Waals surface area contributed by atoms with Gasteiger partial charge in [0.05, 0.1) is 4.92 Å². The van der Waals surface area contributed by atoms with Crippen LogP contribution in [0.2, 0.25) is 0 Å². The average molecular weight is 372 g/mol. The number of nitrogens with zero attached hydrogens (tertiary/aromatic N) is 1. The van der Waals surface area contributed by atoms with Gasteiger partial charge < -0.3 is 10.1 Å². The van der Waals surface area contributed by atoms with Gasteiger partial charge in [0.2, 0.25) is 5.82 Å². The first-order valence-corrected chi connectivity index (χ1v) is 6.71. The Morgan fingerprint density at radius 2 is 1.77 bits per heavy atom. The van der Waals surface area contributed by atoms with E-state index in [1.54, 1.807) is 0 Å². The fourth-order valence-corrected chi connectivity index (χ4v) is 1.86. The molecule has 0 radical (unpaired) electrons. The molecule has 1 amide bonds.